The molecule has 0 aromatic heterocycles. The number of rotatable bonds is 5. The van der Waals surface area contributed by atoms with Gasteiger partial charge in [0.1, 0.15) is 12.1 Å². The predicted molar refractivity (Wildman–Crippen MR) is 141 cm³/mol. The predicted octanol–water partition coefficient (Wildman–Crippen LogP) is 2.64. The topological polar surface area (TPSA) is 124 Å². The molecule has 9 nitrogen and oxygen atoms in total. The molecule has 3 atom stereocenters. The Morgan fingerprint density at radius 3 is 2.32 bits per heavy atom. The summed E-state index contributed by atoms with van der Waals surface area (Å²) in [5.74, 6) is -2.29. The van der Waals surface area contributed by atoms with Gasteiger partial charge in [-0.3, -0.25) is 9.59 Å². The van der Waals surface area contributed by atoms with Crippen LogP contribution < -0.4 is 5.32 Å². The van der Waals surface area contributed by atoms with Gasteiger partial charge < -0.3 is 15.3 Å². The first-order chi connectivity index (χ1) is 18.3. The third-order valence-corrected chi connectivity index (χ3v) is 8.87. The lowest BCUT2D eigenvalue weighted by Gasteiger charge is -2.46. The monoisotopic (exact) mass is 533 g/mol. The van der Waals surface area contributed by atoms with E-state index in [4.69, 9.17) is 0 Å². The molecule has 1 saturated heterocycles. The second-order valence-corrected chi connectivity index (χ2v) is 11.3. The van der Waals surface area contributed by atoms with Gasteiger partial charge in [0, 0.05) is 24.7 Å². The zero-order valence-electron chi connectivity index (χ0n) is 20.4. The molecular weight excluding hydrogens is 506 g/mol. The standard InChI is InChI=1S/C28H27N3O6S/c32-26(23-15-8-10-19-9-4-6-14-22(19)23)29-24-16-7-5-11-20-17-30(18-25(28(34)35)31(20)27(24)33)38(36,37)21-12-2-1-3-13-21/h1-10,12-15,20,24-25H,11,16-18H2,(H,29,32)(H,34,35)/t20-,24-,25-/m0/s1. The molecule has 38 heavy (non-hydrogen) atoms. The number of hydrogen-bond acceptors (Lipinski definition) is 5. The van der Waals surface area contributed by atoms with Crippen molar-refractivity contribution < 1.29 is 27.9 Å². The summed E-state index contributed by atoms with van der Waals surface area (Å²) >= 11 is 0. The lowest BCUT2D eigenvalue weighted by atomic mass is 9.98. The second-order valence-electron chi connectivity index (χ2n) is 9.38. The van der Waals surface area contributed by atoms with Crippen molar-refractivity contribution in [3.8, 4) is 0 Å². The van der Waals surface area contributed by atoms with Crippen LogP contribution in [0.15, 0.2) is 89.8 Å². The number of fused-ring (bicyclic) bond motifs is 2. The molecule has 0 bridgehead atoms. The largest absolute Gasteiger partial charge is 0.480 e. The van der Waals surface area contributed by atoms with Gasteiger partial charge in [-0.15, -0.1) is 0 Å². The van der Waals surface area contributed by atoms with Crippen LogP contribution in [0.5, 0.6) is 0 Å². The molecule has 196 valence electrons. The Morgan fingerprint density at radius 1 is 0.868 bits per heavy atom. The molecule has 0 aliphatic carbocycles. The van der Waals surface area contributed by atoms with Crippen LogP contribution in [0.2, 0.25) is 0 Å². The number of carboxylic acids is 1. The van der Waals surface area contributed by atoms with Crippen LogP contribution in [-0.2, 0) is 19.6 Å². The fourth-order valence-electron chi connectivity index (χ4n) is 5.14. The highest BCUT2D eigenvalue weighted by molar-refractivity contribution is 7.89. The highest BCUT2D eigenvalue weighted by atomic mass is 32.2. The Kier molecular flexibility index (Phi) is 7.00. The quantitative estimate of drug-likeness (QED) is 0.486. The Labute approximate surface area is 220 Å². The molecule has 0 unspecified atom stereocenters. The molecule has 2 amide bonds. The molecule has 2 N–H and O–H groups in total. The van der Waals surface area contributed by atoms with Gasteiger partial charge in [0.05, 0.1) is 4.90 Å². The van der Waals surface area contributed by atoms with Crippen molar-refractivity contribution in [2.75, 3.05) is 13.1 Å². The van der Waals surface area contributed by atoms with Crippen LogP contribution in [0.1, 0.15) is 23.2 Å². The number of amides is 2. The van der Waals surface area contributed by atoms with E-state index in [1.807, 2.05) is 30.3 Å². The number of piperazine rings is 1. The van der Waals surface area contributed by atoms with Gasteiger partial charge >= 0.3 is 5.97 Å². The Bertz CT molecular complexity index is 1520. The molecule has 0 radical (unpaired) electrons. The molecule has 2 heterocycles. The minimum atomic E-state index is -3.97. The summed E-state index contributed by atoms with van der Waals surface area (Å²) in [4.78, 5) is 40.7. The minimum absolute atomic E-state index is 0.0545. The number of aliphatic carboxylic acids is 1. The number of carbonyl (C=O) groups excluding carboxylic acids is 2. The number of nitrogens with zero attached hydrogens (tertiary/aromatic N) is 2. The second kappa shape index (κ2) is 10.4. The van der Waals surface area contributed by atoms with E-state index in [-0.39, 0.29) is 24.4 Å². The van der Waals surface area contributed by atoms with Gasteiger partial charge in [0.15, 0.2) is 0 Å². The normalized spacial score (nSPS) is 22.4. The Hall–Kier alpha value is -4.02. The van der Waals surface area contributed by atoms with Crippen molar-refractivity contribution in [1.82, 2.24) is 14.5 Å². The molecular formula is C28H27N3O6S. The van der Waals surface area contributed by atoms with Gasteiger partial charge in [0.25, 0.3) is 5.91 Å². The van der Waals surface area contributed by atoms with Crippen LogP contribution in [0.25, 0.3) is 10.8 Å². The molecule has 3 aromatic rings. The van der Waals surface area contributed by atoms with E-state index in [0.717, 1.165) is 15.1 Å². The van der Waals surface area contributed by atoms with E-state index in [2.05, 4.69) is 5.32 Å². The third kappa shape index (κ3) is 4.80. The lowest BCUT2D eigenvalue weighted by Crippen LogP contribution is -2.66. The number of carbonyl (C=O) groups is 3. The summed E-state index contributed by atoms with van der Waals surface area (Å²) in [6.45, 7) is -0.441. The van der Waals surface area contributed by atoms with Crippen LogP contribution in [0.3, 0.4) is 0 Å². The van der Waals surface area contributed by atoms with Gasteiger partial charge in [-0.05, 0) is 41.8 Å². The maximum absolute atomic E-state index is 13.8. The van der Waals surface area contributed by atoms with Crippen molar-refractivity contribution >= 4 is 38.6 Å². The summed E-state index contributed by atoms with van der Waals surface area (Å²) in [7, 11) is -3.97. The fraction of sp³-hybridized carbons (Fsp3) is 0.250. The maximum atomic E-state index is 13.8. The Balaban J connectivity index is 1.43. The van der Waals surface area contributed by atoms with Gasteiger partial charge in [-0.25, -0.2) is 13.2 Å². The van der Waals surface area contributed by atoms with Crippen LogP contribution >= 0.6 is 0 Å². The third-order valence-electron chi connectivity index (χ3n) is 7.02. The SMILES string of the molecule is O=C(N[C@H]1CC=CC[C@H]2CN(S(=O)(=O)c3ccccc3)C[C@@H](C(=O)O)N2C1=O)c1cccc2ccccc12. The van der Waals surface area contributed by atoms with Crippen LogP contribution in [0, 0.1) is 0 Å². The molecule has 0 saturated carbocycles. The average molecular weight is 534 g/mol. The van der Waals surface area contributed by atoms with E-state index >= 15 is 0 Å². The van der Waals surface area contributed by atoms with Gasteiger partial charge in [-0.1, -0.05) is 66.7 Å². The van der Waals surface area contributed by atoms with E-state index in [9.17, 15) is 27.9 Å². The highest BCUT2D eigenvalue weighted by Crippen LogP contribution is 2.28. The highest BCUT2D eigenvalue weighted by Gasteiger charge is 2.46. The lowest BCUT2D eigenvalue weighted by molar-refractivity contribution is -0.156. The number of nitrogens with one attached hydrogen (secondary N) is 1. The molecule has 2 aliphatic heterocycles. The minimum Gasteiger partial charge on any atom is -0.480 e. The number of hydrogen-bond donors (Lipinski definition) is 2. The van der Waals surface area contributed by atoms with Crippen LogP contribution in [-0.4, -0.2) is 71.7 Å². The number of sulfonamides is 1. The molecule has 10 heteroatoms. The Morgan fingerprint density at radius 2 is 1.55 bits per heavy atom. The zero-order valence-corrected chi connectivity index (χ0v) is 21.3. The van der Waals surface area contributed by atoms with Crippen molar-refractivity contribution in [1.29, 1.82) is 0 Å². The van der Waals surface area contributed by atoms with E-state index in [0.29, 0.717) is 12.0 Å². The van der Waals surface area contributed by atoms with Gasteiger partial charge in [0.2, 0.25) is 15.9 Å². The molecule has 2 aliphatic rings. The first kappa shape index (κ1) is 25.6. The van der Waals surface area contributed by atoms with Crippen molar-refractivity contribution in [3.05, 3.63) is 90.5 Å². The summed E-state index contributed by atoms with van der Waals surface area (Å²) in [6, 6.07) is 17.5. The fourth-order valence-corrected chi connectivity index (χ4v) is 6.64. The molecule has 3 aromatic carbocycles. The molecule has 1 fully saturated rings. The number of benzene rings is 3. The van der Waals surface area contributed by atoms with E-state index < -0.39 is 45.9 Å². The zero-order chi connectivity index (χ0) is 26.9. The molecule has 5 rings (SSSR count). The number of carboxylic acid groups (broad SMARTS) is 1. The summed E-state index contributed by atoms with van der Waals surface area (Å²) in [6.07, 6.45) is 4.06. The average Bonchev–Trinajstić information content (AvgIpc) is 2.93. The summed E-state index contributed by atoms with van der Waals surface area (Å²) in [5, 5.41) is 14.5. The van der Waals surface area contributed by atoms with Gasteiger partial charge in [-0.2, -0.15) is 4.31 Å². The van der Waals surface area contributed by atoms with E-state index in [1.54, 1.807) is 42.5 Å². The first-order valence-electron chi connectivity index (χ1n) is 12.3. The van der Waals surface area contributed by atoms with Crippen LogP contribution in [0.4, 0.5) is 0 Å². The summed E-state index contributed by atoms with van der Waals surface area (Å²) < 4.78 is 27.7. The first-order valence-corrected chi connectivity index (χ1v) is 13.7. The van der Waals surface area contributed by atoms with Crippen molar-refractivity contribution in [2.45, 2.75) is 35.9 Å². The summed E-state index contributed by atoms with van der Waals surface area (Å²) in [5.41, 5.74) is 0.409. The smallest absolute Gasteiger partial charge is 0.327 e. The molecule has 0 spiro atoms. The van der Waals surface area contributed by atoms with E-state index in [1.165, 1.54) is 17.0 Å². The van der Waals surface area contributed by atoms with Crippen molar-refractivity contribution in [2.24, 2.45) is 0 Å². The van der Waals surface area contributed by atoms with Crippen molar-refractivity contribution in [3.63, 3.8) is 0 Å². The maximum Gasteiger partial charge on any atom is 0.327 e.